The average molecular weight is 402 g/mol. The predicted molar refractivity (Wildman–Crippen MR) is 87.3 cm³/mol. The molecular formula is C14H14Br2N2O2. The minimum absolute atomic E-state index is 0.0939. The summed E-state index contributed by atoms with van der Waals surface area (Å²) in [6, 6.07) is 5.70. The molecule has 0 fully saturated rings. The van der Waals surface area contributed by atoms with Crippen molar-refractivity contribution in [3.8, 4) is 5.75 Å². The maximum atomic E-state index is 12.2. The lowest BCUT2D eigenvalue weighted by atomic mass is 10.2. The summed E-state index contributed by atoms with van der Waals surface area (Å²) in [6.45, 7) is 2.26. The summed E-state index contributed by atoms with van der Waals surface area (Å²) in [6.07, 6.45) is 1.67. The maximum absolute atomic E-state index is 12.2. The number of halogens is 2. The van der Waals surface area contributed by atoms with Gasteiger partial charge in [-0.25, -0.2) is 0 Å². The smallest absolute Gasteiger partial charge is 0.265 e. The molecule has 1 aromatic carbocycles. The van der Waals surface area contributed by atoms with Crippen LogP contribution in [0.25, 0.3) is 0 Å². The summed E-state index contributed by atoms with van der Waals surface area (Å²) in [5, 5.41) is 0. The first-order valence-electron chi connectivity index (χ1n) is 5.91. The molecule has 2 rings (SSSR count). The maximum Gasteiger partial charge on any atom is 0.265 e. The average Bonchev–Trinajstić information content (AvgIpc) is 2.42. The number of methoxy groups -OCH3 is 1. The Morgan fingerprint density at radius 3 is 2.65 bits per heavy atom. The quantitative estimate of drug-likeness (QED) is 0.858. The molecule has 2 N–H and O–H groups in total. The standard InChI is InChI=1S/C14H14Br2N2O2/c1-8-11(17)7-18(14(19)13(8)16)6-9-3-4-12(20-2)10(15)5-9/h3-5,7H,6,17H2,1-2H3. The second-order valence-electron chi connectivity index (χ2n) is 4.43. The van der Waals surface area contributed by atoms with Gasteiger partial charge < -0.3 is 15.0 Å². The van der Waals surface area contributed by atoms with E-state index in [2.05, 4.69) is 31.9 Å². The molecule has 1 heterocycles. The largest absolute Gasteiger partial charge is 0.496 e. The molecule has 106 valence electrons. The van der Waals surface area contributed by atoms with Crippen LogP contribution in [0.1, 0.15) is 11.1 Å². The highest BCUT2D eigenvalue weighted by Gasteiger charge is 2.09. The number of anilines is 1. The van der Waals surface area contributed by atoms with Crippen LogP contribution in [0.5, 0.6) is 5.75 Å². The van der Waals surface area contributed by atoms with Crippen LogP contribution >= 0.6 is 31.9 Å². The number of hydrogen-bond acceptors (Lipinski definition) is 3. The fourth-order valence-corrected chi connectivity index (χ4v) is 2.90. The van der Waals surface area contributed by atoms with Gasteiger partial charge in [-0.15, -0.1) is 0 Å². The van der Waals surface area contributed by atoms with E-state index < -0.39 is 0 Å². The summed E-state index contributed by atoms with van der Waals surface area (Å²) in [4.78, 5) is 12.2. The molecule has 0 atom stereocenters. The molecule has 0 aliphatic rings. The van der Waals surface area contributed by atoms with Crippen LogP contribution in [-0.4, -0.2) is 11.7 Å². The molecule has 0 saturated carbocycles. The van der Waals surface area contributed by atoms with Gasteiger partial charge in [0.2, 0.25) is 0 Å². The first-order valence-corrected chi connectivity index (χ1v) is 7.50. The predicted octanol–water partition coefficient (Wildman–Crippen LogP) is 3.32. The SMILES string of the molecule is COc1ccc(Cn2cc(N)c(C)c(Br)c2=O)cc1Br. The number of nitrogen functional groups attached to an aromatic ring is 1. The fourth-order valence-electron chi connectivity index (χ4n) is 1.86. The van der Waals surface area contributed by atoms with Gasteiger partial charge in [-0.2, -0.15) is 0 Å². The molecule has 0 aliphatic carbocycles. The third-order valence-electron chi connectivity index (χ3n) is 3.07. The van der Waals surface area contributed by atoms with Crippen LogP contribution in [0.15, 0.2) is 38.1 Å². The topological polar surface area (TPSA) is 57.2 Å². The highest BCUT2D eigenvalue weighted by Crippen LogP contribution is 2.26. The first-order chi connectivity index (χ1) is 9.43. The second kappa shape index (κ2) is 6.01. The van der Waals surface area contributed by atoms with Crippen LogP contribution in [-0.2, 0) is 6.54 Å². The number of pyridine rings is 1. The van der Waals surface area contributed by atoms with Gasteiger partial charge in [0.25, 0.3) is 5.56 Å². The number of nitrogens with two attached hydrogens (primary N) is 1. The third kappa shape index (κ3) is 2.91. The Hall–Kier alpha value is -1.27. The van der Waals surface area contributed by atoms with E-state index in [1.807, 2.05) is 25.1 Å². The van der Waals surface area contributed by atoms with Crippen LogP contribution in [0, 0.1) is 6.92 Å². The molecule has 2 aromatic rings. The van der Waals surface area contributed by atoms with Gasteiger partial charge in [-0.05, 0) is 62.0 Å². The summed E-state index contributed by atoms with van der Waals surface area (Å²) in [5.74, 6) is 0.755. The van der Waals surface area contributed by atoms with Gasteiger partial charge >= 0.3 is 0 Å². The summed E-state index contributed by atoms with van der Waals surface area (Å²) in [5.41, 5.74) is 8.14. The minimum Gasteiger partial charge on any atom is -0.496 e. The van der Waals surface area contributed by atoms with Gasteiger partial charge in [0.05, 0.1) is 28.3 Å². The van der Waals surface area contributed by atoms with Gasteiger partial charge in [0.1, 0.15) is 5.75 Å². The third-order valence-corrected chi connectivity index (χ3v) is 4.63. The first kappa shape index (κ1) is 15.1. The molecule has 0 saturated heterocycles. The monoisotopic (exact) mass is 400 g/mol. The van der Waals surface area contributed by atoms with Gasteiger partial charge in [0, 0.05) is 6.20 Å². The molecule has 6 heteroatoms. The second-order valence-corrected chi connectivity index (χ2v) is 6.07. The van der Waals surface area contributed by atoms with E-state index in [-0.39, 0.29) is 5.56 Å². The van der Waals surface area contributed by atoms with Crippen molar-refractivity contribution >= 4 is 37.5 Å². The normalized spacial score (nSPS) is 10.6. The number of benzene rings is 1. The van der Waals surface area contributed by atoms with Gasteiger partial charge in [-0.3, -0.25) is 4.79 Å². The van der Waals surface area contributed by atoms with Crippen molar-refractivity contribution in [1.29, 1.82) is 0 Å². The van der Waals surface area contributed by atoms with Crippen LogP contribution in [0.2, 0.25) is 0 Å². The molecular weight excluding hydrogens is 388 g/mol. The zero-order valence-corrected chi connectivity index (χ0v) is 14.3. The Morgan fingerprint density at radius 2 is 2.05 bits per heavy atom. The van der Waals surface area contributed by atoms with E-state index in [0.29, 0.717) is 16.7 Å². The Labute approximate surface area is 133 Å². The molecule has 0 amide bonds. The summed E-state index contributed by atoms with van der Waals surface area (Å²) in [7, 11) is 1.61. The van der Waals surface area contributed by atoms with E-state index in [0.717, 1.165) is 21.3 Å². The minimum atomic E-state index is -0.0939. The van der Waals surface area contributed by atoms with E-state index in [1.54, 1.807) is 17.9 Å². The lowest BCUT2D eigenvalue weighted by Gasteiger charge is -2.11. The number of aromatic nitrogens is 1. The molecule has 1 aromatic heterocycles. The molecule has 0 bridgehead atoms. The molecule has 20 heavy (non-hydrogen) atoms. The highest BCUT2D eigenvalue weighted by atomic mass is 79.9. The van der Waals surface area contributed by atoms with E-state index >= 15 is 0 Å². The van der Waals surface area contributed by atoms with E-state index in [1.165, 1.54) is 0 Å². The zero-order valence-electron chi connectivity index (χ0n) is 11.1. The van der Waals surface area contributed by atoms with Crippen LogP contribution in [0.4, 0.5) is 5.69 Å². The van der Waals surface area contributed by atoms with Gasteiger partial charge in [-0.1, -0.05) is 6.07 Å². The highest BCUT2D eigenvalue weighted by molar-refractivity contribution is 9.10. The van der Waals surface area contributed by atoms with Crippen molar-refractivity contribution < 1.29 is 4.74 Å². The summed E-state index contributed by atoms with van der Waals surface area (Å²) >= 11 is 6.72. The van der Waals surface area contributed by atoms with E-state index in [9.17, 15) is 4.79 Å². The lowest BCUT2D eigenvalue weighted by Crippen LogP contribution is -2.22. The number of nitrogens with zero attached hydrogens (tertiary/aromatic N) is 1. The molecule has 0 radical (unpaired) electrons. The summed E-state index contributed by atoms with van der Waals surface area (Å²) < 4.78 is 8.13. The molecule has 0 aliphatic heterocycles. The van der Waals surface area contributed by atoms with Crippen molar-refractivity contribution in [3.05, 3.63) is 54.8 Å². The van der Waals surface area contributed by atoms with E-state index in [4.69, 9.17) is 10.5 Å². The van der Waals surface area contributed by atoms with Crippen LogP contribution in [0.3, 0.4) is 0 Å². The number of rotatable bonds is 3. The molecule has 0 spiro atoms. The number of hydrogen-bond donors (Lipinski definition) is 1. The fraction of sp³-hybridized carbons (Fsp3) is 0.214. The Balaban J connectivity index is 2.40. The zero-order chi connectivity index (χ0) is 14.9. The van der Waals surface area contributed by atoms with Crippen molar-refractivity contribution in [3.63, 3.8) is 0 Å². The van der Waals surface area contributed by atoms with Crippen molar-refractivity contribution in [2.45, 2.75) is 13.5 Å². The van der Waals surface area contributed by atoms with Crippen LogP contribution < -0.4 is 16.0 Å². The number of ether oxygens (including phenoxy) is 1. The lowest BCUT2D eigenvalue weighted by molar-refractivity contribution is 0.412. The Morgan fingerprint density at radius 1 is 1.35 bits per heavy atom. The van der Waals surface area contributed by atoms with Crippen molar-refractivity contribution in [2.24, 2.45) is 0 Å². The molecule has 0 unspecified atom stereocenters. The Kier molecular flexibility index (Phi) is 4.55. The van der Waals surface area contributed by atoms with Crippen molar-refractivity contribution in [2.75, 3.05) is 12.8 Å². The Bertz CT molecular complexity index is 711. The molecule has 4 nitrogen and oxygen atoms in total. The van der Waals surface area contributed by atoms with Crippen molar-refractivity contribution in [1.82, 2.24) is 4.57 Å². The van der Waals surface area contributed by atoms with Gasteiger partial charge in [0.15, 0.2) is 0 Å².